The van der Waals surface area contributed by atoms with E-state index in [9.17, 15) is 17.6 Å². The maximum Gasteiger partial charge on any atom is 0.345 e. The number of fused-ring (bicyclic) bond motifs is 1. The number of benzene rings is 2. The molecule has 0 spiro atoms. The molecule has 4 nitrogen and oxygen atoms in total. The van der Waals surface area contributed by atoms with E-state index in [2.05, 4.69) is 0 Å². The summed E-state index contributed by atoms with van der Waals surface area (Å²) in [6.07, 6.45) is 0. The topological polar surface area (TPSA) is 71.4 Å². The van der Waals surface area contributed by atoms with E-state index in [-0.39, 0.29) is 15.5 Å². The number of aromatic carboxylic acids is 1. The second kappa shape index (κ2) is 5.75. The Balaban J connectivity index is 2.07. The third-order valence-corrected chi connectivity index (χ3v) is 6.17. The van der Waals surface area contributed by atoms with E-state index >= 15 is 0 Å². The molecule has 0 amide bonds. The maximum atomic E-state index is 12.9. The fraction of sp³-hybridized carbons (Fsp3) is 0.0625. The summed E-state index contributed by atoms with van der Waals surface area (Å²) in [5, 5.41) is 9.47. The zero-order chi connectivity index (χ0) is 16.6. The van der Waals surface area contributed by atoms with Gasteiger partial charge in [0, 0.05) is 10.1 Å². The number of rotatable bonds is 4. The molecule has 0 aliphatic heterocycles. The molecule has 0 fully saturated rings. The minimum Gasteiger partial charge on any atom is -0.477 e. The molecule has 0 aliphatic carbocycles. The van der Waals surface area contributed by atoms with Gasteiger partial charge in [0.15, 0.2) is 9.84 Å². The van der Waals surface area contributed by atoms with E-state index in [1.807, 2.05) is 0 Å². The number of carbonyl (C=O) groups is 1. The lowest BCUT2D eigenvalue weighted by Crippen LogP contribution is -2.05. The summed E-state index contributed by atoms with van der Waals surface area (Å²) in [7, 11) is -3.67. The first-order valence-electron chi connectivity index (χ1n) is 6.60. The highest BCUT2D eigenvalue weighted by atomic mass is 32.2. The Morgan fingerprint density at radius 3 is 2.48 bits per heavy atom. The maximum absolute atomic E-state index is 12.9. The van der Waals surface area contributed by atoms with Gasteiger partial charge in [-0.25, -0.2) is 17.6 Å². The van der Waals surface area contributed by atoms with Gasteiger partial charge in [0.25, 0.3) is 0 Å². The van der Waals surface area contributed by atoms with Crippen LogP contribution in [0.1, 0.15) is 15.2 Å². The van der Waals surface area contributed by atoms with Crippen LogP contribution in [-0.4, -0.2) is 19.5 Å². The molecule has 1 heterocycles. The summed E-state index contributed by atoms with van der Waals surface area (Å²) in [5.41, 5.74) is 0.470. The zero-order valence-corrected chi connectivity index (χ0v) is 13.3. The summed E-state index contributed by atoms with van der Waals surface area (Å²) in [4.78, 5) is 11.3. The number of thiophene rings is 1. The van der Waals surface area contributed by atoms with Crippen LogP contribution in [0.25, 0.3) is 10.1 Å². The molecule has 0 saturated heterocycles. The second-order valence-corrected chi connectivity index (χ2v) is 8.01. The molecule has 3 aromatic rings. The Morgan fingerprint density at radius 1 is 1.13 bits per heavy atom. The minimum absolute atomic E-state index is 0.0862. The SMILES string of the molecule is O=C(O)c1cc2c(S(=O)(=O)Cc3ccc(F)cc3)cccc2s1. The van der Waals surface area contributed by atoms with Gasteiger partial charge < -0.3 is 5.11 Å². The number of halogens is 1. The number of carboxylic acid groups (broad SMARTS) is 1. The van der Waals surface area contributed by atoms with Crippen LogP contribution in [0.5, 0.6) is 0 Å². The third kappa shape index (κ3) is 3.11. The fourth-order valence-corrected chi connectivity index (χ4v) is 4.86. The predicted molar refractivity (Wildman–Crippen MR) is 86.1 cm³/mol. The fourth-order valence-electron chi connectivity index (χ4n) is 2.29. The molecular formula is C16H11FO4S2. The molecule has 0 aliphatic rings. The molecule has 0 bridgehead atoms. The largest absolute Gasteiger partial charge is 0.477 e. The number of sulfone groups is 1. The summed E-state index contributed by atoms with van der Waals surface area (Å²) in [5.74, 6) is -1.80. The van der Waals surface area contributed by atoms with Gasteiger partial charge in [-0.15, -0.1) is 11.3 Å². The van der Waals surface area contributed by atoms with E-state index in [1.165, 1.54) is 36.4 Å². The first-order chi connectivity index (χ1) is 10.9. The van der Waals surface area contributed by atoms with Crippen molar-refractivity contribution in [2.24, 2.45) is 0 Å². The number of hydrogen-bond acceptors (Lipinski definition) is 4. The lowest BCUT2D eigenvalue weighted by molar-refractivity contribution is 0.0702. The average Bonchev–Trinajstić information content (AvgIpc) is 2.93. The first kappa shape index (κ1) is 15.6. The van der Waals surface area contributed by atoms with Crippen LogP contribution >= 0.6 is 11.3 Å². The zero-order valence-electron chi connectivity index (χ0n) is 11.7. The van der Waals surface area contributed by atoms with Gasteiger partial charge in [0.2, 0.25) is 0 Å². The Morgan fingerprint density at radius 2 is 1.83 bits per heavy atom. The normalized spacial score (nSPS) is 11.7. The Bertz CT molecular complexity index is 989. The van der Waals surface area contributed by atoms with E-state index < -0.39 is 21.6 Å². The van der Waals surface area contributed by atoms with Crippen molar-refractivity contribution in [3.8, 4) is 0 Å². The summed E-state index contributed by atoms with van der Waals surface area (Å²) >= 11 is 1.03. The Hall–Kier alpha value is -2.25. The summed E-state index contributed by atoms with van der Waals surface area (Å²) < 4.78 is 38.8. The van der Waals surface area contributed by atoms with E-state index in [0.29, 0.717) is 15.6 Å². The van der Waals surface area contributed by atoms with Crippen molar-refractivity contribution in [2.45, 2.75) is 10.6 Å². The molecular weight excluding hydrogens is 339 g/mol. The van der Waals surface area contributed by atoms with Crippen LogP contribution in [-0.2, 0) is 15.6 Å². The molecule has 1 N–H and O–H groups in total. The highest BCUT2D eigenvalue weighted by molar-refractivity contribution is 7.91. The van der Waals surface area contributed by atoms with Crippen molar-refractivity contribution >= 4 is 37.2 Å². The van der Waals surface area contributed by atoms with Crippen LogP contribution in [0, 0.1) is 5.82 Å². The van der Waals surface area contributed by atoms with Gasteiger partial charge in [-0.3, -0.25) is 0 Å². The van der Waals surface area contributed by atoms with Crippen LogP contribution in [0.3, 0.4) is 0 Å². The lowest BCUT2D eigenvalue weighted by Gasteiger charge is -2.06. The average molecular weight is 350 g/mol. The standard InChI is InChI=1S/C16H11FO4S2/c17-11-6-4-10(5-7-11)9-23(20,21)15-3-1-2-13-12(15)8-14(22-13)16(18)19/h1-8H,9H2,(H,18,19). The molecule has 2 aromatic carbocycles. The van der Waals surface area contributed by atoms with Crippen LogP contribution < -0.4 is 0 Å². The van der Waals surface area contributed by atoms with Crippen molar-refractivity contribution in [3.05, 3.63) is 64.8 Å². The van der Waals surface area contributed by atoms with Crippen molar-refractivity contribution in [1.29, 1.82) is 0 Å². The highest BCUT2D eigenvalue weighted by Crippen LogP contribution is 2.32. The van der Waals surface area contributed by atoms with E-state index in [1.54, 1.807) is 12.1 Å². The van der Waals surface area contributed by atoms with Crippen LogP contribution in [0.2, 0.25) is 0 Å². The third-order valence-electron chi connectivity index (χ3n) is 3.34. The Kier molecular flexibility index (Phi) is 3.91. The van der Waals surface area contributed by atoms with Gasteiger partial charge in [-0.05, 0) is 35.9 Å². The lowest BCUT2D eigenvalue weighted by atomic mass is 10.2. The van der Waals surface area contributed by atoms with Crippen molar-refractivity contribution in [3.63, 3.8) is 0 Å². The van der Waals surface area contributed by atoms with Gasteiger partial charge in [0.1, 0.15) is 10.7 Å². The van der Waals surface area contributed by atoms with Crippen molar-refractivity contribution in [2.75, 3.05) is 0 Å². The molecule has 0 unspecified atom stereocenters. The van der Waals surface area contributed by atoms with Gasteiger partial charge in [0.05, 0.1) is 10.6 Å². The molecule has 7 heteroatoms. The summed E-state index contributed by atoms with van der Waals surface area (Å²) in [6, 6.07) is 11.4. The van der Waals surface area contributed by atoms with E-state index in [0.717, 1.165) is 11.3 Å². The molecule has 0 radical (unpaired) electrons. The smallest absolute Gasteiger partial charge is 0.345 e. The molecule has 118 valence electrons. The highest BCUT2D eigenvalue weighted by Gasteiger charge is 2.20. The molecule has 0 atom stereocenters. The molecule has 23 heavy (non-hydrogen) atoms. The molecule has 1 aromatic heterocycles. The van der Waals surface area contributed by atoms with Gasteiger partial charge in [-0.1, -0.05) is 18.2 Å². The number of hydrogen-bond donors (Lipinski definition) is 1. The van der Waals surface area contributed by atoms with Gasteiger partial charge in [-0.2, -0.15) is 0 Å². The van der Waals surface area contributed by atoms with Crippen LogP contribution in [0.15, 0.2) is 53.4 Å². The minimum atomic E-state index is -3.67. The summed E-state index contributed by atoms with van der Waals surface area (Å²) in [6.45, 7) is 0. The van der Waals surface area contributed by atoms with E-state index in [4.69, 9.17) is 5.11 Å². The second-order valence-electron chi connectivity index (χ2n) is 4.97. The first-order valence-corrected chi connectivity index (χ1v) is 9.07. The monoisotopic (exact) mass is 350 g/mol. The quantitative estimate of drug-likeness (QED) is 0.778. The molecule has 3 rings (SSSR count). The Labute approximate surface area is 135 Å². The van der Waals surface area contributed by atoms with Crippen molar-refractivity contribution < 1.29 is 22.7 Å². The molecule has 0 saturated carbocycles. The predicted octanol–water partition coefficient (Wildman–Crippen LogP) is 3.71. The van der Waals surface area contributed by atoms with Crippen LogP contribution in [0.4, 0.5) is 4.39 Å². The van der Waals surface area contributed by atoms with Crippen molar-refractivity contribution in [1.82, 2.24) is 0 Å². The number of carboxylic acids is 1. The van der Waals surface area contributed by atoms with Gasteiger partial charge >= 0.3 is 5.97 Å².